The number of hydrogen-bond donors (Lipinski definition) is 1. The minimum Gasteiger partial charge on any atom is -0.355 e. The van der Waals surface area contributed by atoms with Gasteiger partial charge >= 0.3 is 0 Å². The van der Waals surface area contributed by atoms with Crippen molar-refractivity contribution in [2.45, 2.75) is 52.0 Å². The second-order valence-corrected chi connectivity index (χ2v) is 7.65. The summed E-state index contributed by atoms with van der Waals surface area (Å²) in [6.45, 7) is 7.05. The molecule has 2 heterocycles. The van der Waals surface area contributed by atoms with Crippen molar-refractivity contribution in [3.8, 4) is 0 Å². The van der Waals surface area contributed by atoms with Crippen molar-refractivity contribution in [1.29, 1.82) is 0 Å². The third kappa shape index (κ3) is 4.56. The number of rotatable bonds is 7. The normalized spacial score (nSPS) is 20.1. The van der Waals surface area contributed by atoms with Crippen LogP contribution in [0.3, 0.4) is 0 Å². The lowest BCUT2D eigenvalue weighted by molar-refractivity contribution is -0.121. The van der Waals surface area contributed by atoms with Gasteiger partial charge in [-0.3, -0.25) is 24.2 Å². The van der Waals surface area contributed by atoms with Crippen LogP contribution in [0, 0.1) is 6.92 Å². The number of benzene rings is 1. The zero-order valence-corrected chi connectivity index (χ0v) is 16.3. The van der Waals surface area contributed by atoms with Crippen LogP contribution < -0.4 is 5.32 Å². The Balaban J connectivity index is 1.39. The summed E-state index contributed by atoms with van der Waals surface area (Å²) in [7, 11) is 0. The van der Waals surface area contributed by atoms with E-state index in [2.05, 4.69) is 17.1 Å². The Hall–Kier alpha value is -2.21. The summed E-state index contributed by atoms with van der Waals surface area (Å²) in [6, 6.07) is 5.89. The number of amides is 3. The van der Waals surface area contributed by atoms with E-state index >= 15 is 0 Å². The van der Waals surface area contributed by atoms with Crippen molar-refractivity contribution < 1.29 is 14.4 Å². The molecule has 2 aliphatic rings. The fraction of sp³-hybridized carbons (Fsp3) is 0.571. The van der Waals surface area contributed by atoms with Crippen molar-refractivity contribution in [2.24, 2.45) is 0 Å². The molecule has 1 atom stereocenters. The SMILES string of the molecule is Cc1ccc2c(c1)C(=O)N(CCCC(=O)NCCN1CCCCC1C)C2=O. The lowest BCUT2D eigenvalue weighted by atomic mass is 10.0. The Labute approximate surface area is 160 Å². The predicted molar refractivity (Wildman–Crippen MR) is 104 cm³/mol. The highest BCUT2D eigenvalue weighted by Crippen LogP contribution is 2.24. The van der Waals surface area contributed by atoms with E-state index < -0.39 is 0 Å². The number of nitrogens with one attached hydrogen (secondary N) is 1. The number of carbonyl (C=O) groups is 3. The third-order valence-electron chi connectivity index (χ3n) is 5.57. The standard InChI is InChI=1S/C21H29N3O3/c1-15-8-9-17-18(14-15)21(27)24(20(17)26)12-5-7-19(25)22-10-13-23-11-4-3-6-16(23)2/h8-9,14,16H,3-7,10-13H2,1-2H3,(H,22,25). The number of nitrogens with zero attached hydrogens (tertiary/aromatic N) is 2. The van der Waals surface area contributed by atoms with Crippen LogP contribution in [0.25, 0.3) is 0 Å². The third-order valence-corrected chi connectivity index (χ3v) is 5.57. The number of likely N-dealkylation sites (tertiary alicyclic amines) is 1. The van der Waals surface area contributed by atoms with Crippen molar-refractivity contribution in [1.82, 2.24) is 15.1 Å². The highest BCUT2D eigenvalue weighted by Gasteiger charge is 2.34. The van der Waals surface area contributed by atoms with Gasteiger partial charge in [-0.15, -0.1) is 0 Å². The first kappa shape index (κ1) is 19.5. The molecule has 1 fully saturated rings. The molecule has 3 amide bonds. The van der Waals surface area contributed by atoms with Gasteiger partial charge in [0.05, 0.1) is 11.1 Å². The van der Waals surface area contributed by atoms with E-state index in [1.807, 2.05) is 13.0 Å². The molecule has 0 saturated carbocycles. The number of hydrogen-bond acceptors (Lipinski definition) is 4. The highest BCUT2D eigenvalue weighted by atomic mass is 16.2. The first-order valence-electron chi connectivity index (χ1n) is 9.95. The van der Waals surface area contributed by atoms with Gasteiger partial charge in [-0.05, 0) is 51.8 Å². The maximum atomic E-state index is 12.4. The molecule has 1 N–H and O–H groups in total. The van der Waals surface area contributed by atoms with E-state index in [0.717, 1.165) is 18.7 Å². The van der Waals surface area contributed by atoms with Crippen molar-refractivity contribution in [2.75, 3.05) is 26.2 Å². The van der Waals surface area contributed by atoms with Gasteiger partial charge in [-0.1, -0.05) is 18.1 Å². The number of aryl methyl sites for hydroxylation is 1. The fourth-order valence-electron chi connectivity index (χ4n) is 3.92. The Kier molecular flexibility index (Phi) is 6.26. The predicted octanol–water partition coefficient (Wildman–Crippen LogP) is 2.36. The van der Waals surface area contributed by atoms with Crippen LogP contribution in [-0.2, 0) is 4.79 Å². The molecule has 6 heteroatoms. The average Bonchev–Trinajstić information content (AvgIpc) is 2.87. The van der Waals surface area contributed by atoms with Gasteiger partial charge in [-0.2, -0.15) is 0 Å². The molecule has 2 aliphatic heterocycles. The molecule has 27 heavy (non-hydrogen) atoms. The van der Waals surface area contributed by atoms with Gasteiger partial charge in [0.1, 0.15) is 0 Å². The van der Waals surface area contributed by atoms with E-state index in [1.54, 1.807) is 12.1 Å². The quantitative estimate of drug-likeness (QED) is 0.747. The second kappa shape index (κ2) is 8.65. The van der Waals surface area contributed by atoms with Crippen molar-refractivity contribution >= 4 is 17.7 Å². The molecule has 6 nitrogen and oxygen atoms in total. The Morgan fingerprint density at radius 1 is 1.15 bits per heavy atom. The van der Waals surface area contributed by atoms with Gasteiger partial charge in [0.2, 0.25) is 5.91 Å². The van der Waals surface area contributed by atoms with E-state index in [4.69, 9.17) is 0 Å². The molecule has 1 unspecified atom stereocenters. The number of carbonyl (C=O) groups excluding carboxylic acids is 3. The molecule has 1 aromatic rings. The van der Waals surface area contributed by atoms with Crippen molar-refractivity contribution in [3.63, 3.8) is 0 Å². The smallest absolute Gasteiger partial charge is 0.261 e. The van der Waals surface area contributed by atoms with Crippen LogP contribution in [0.5, 0.6) is 0 Å². The second-order valence-electron chi connectivity index (χ2n) is 7.65. The molecule has 146 valence electrons. The monoisotopic (exact) mass is 371 g/mol. The molecular formula is C21H29N3O3. The van der Waals surface area contributed by atoms with Crippen molar-refractivity contribution in [3.05, 3.63) is 34.9 Å². The van der Waals surface area contributed by atoms with Crippen LogP contribution in [0.2, 0.25) is 0 Å². The maximum Gasteiger partial charge on any atom is 0.261 e. The van der Waals surface area contributed by atoms with Gasteiger partial charge in [-0.25, -0.2) is 0 Å². The fourth-order valence-corrected chi connectivity index (χ4v) is 3.92. The van der Waals surface area contributed by atoms with E-state index in [0.29, 0.717) is 36.6 Å². The van der Waals surface area contributed by atoms with Crippen LogP contribution in [0.4, 0.5) is 0 Å². The molecule has 0 spiro atoms. The summed E-state index contributed by atoms with van der Waals surface area (Å²) >= 11 is 0. The lowest BCUT2D eigenvalue weighted by Gasteiger charge is -2.33. The first-order valence-corrected chi connectivity index (χ1v) is 9.95. The van der Waals surface area contributed by atoms with E-state index in [-0.39, 0.29) is 24.3 Å². The van der Waals surface area contributed by atoms with Gasteiger partial charge in [0, 0.05) is 32.1 Å². The van der Waals surface area contributed by atoms with Crippen LogP contribution in [-0.4, -0.2) is 59.7 Å². The summed E-state index contributed by atoms with van der Waals surface area (Å²) in [5.41, 5.74) is 1.89. The molecule has 1 saturated heterocycles. The number of imide groups is 1. The molecule has 0 aromatic heterocycles. The summed E-state index contributed by atoms with van der Waals surface area (Å²) in [6.07, 6.45) is 4.56. The van der Waals surface area contributed by atoms with Gasteiger partial charge < -0.3 is 5.32 Å². The summed E-state index contributed by atoms with van der Waals surface area (Å²) in [4.78, 5) is 40.5. The molecular weight excluding hydrogens is 342 g/mol. The zero-order chi connectivity index (χ0) is 19.4. The number of piperidine rings is 1. The van der Waals surface area contributed by atoms with E-state index in [1.165, 1.54) is 24.2 Å². The van der Waals surface area contributed by atoms with Gasteiger partial charge in [0.15, 0.2) is 0 Å². The average molecular weight is 371 g/mol. The Morgan fingerprint density at radius 3 is 2.70 bits per heavy atom. The molecule has 0 bridgehead atoms. The molecule has 0 radical (unpaired) electrons. The largest absolute Gasteiger partial charge is 0.355 e. The molecule has 0 aliphatic carbocycles. The summed E-state index contributed by atoms with van der Waals surface area (Å²) < 4.78 is 0. The lowest BCUT2D eigenvalue weighted by Crippen LogP contribution is -2.42. The zero-order valence-electron chi connectivity index (χ0n) is 16.3. The summed E-state index contributed by atoms with van der Waals surface area (Å²) in [5, 5.41) is 2.95. The minimum atomic E-state index is -0.255. The first-order chi connectivity index (χ1) is 13.0. The minimum absolute atomic E-state index is 0.0212. The Bertz CT molecular complexity index is 731. The maximum absolute atomic E-state index is 12.4. The topological polar surface area (TPSA) is 69.7 Å². The van der Waals surface area contributed by atoms with Gasteiger partial charge in [0.25, 0.3) is 11.8 Å². The van der Waals surface area contributed by atoms with Crippen LogP contribution in [0.15, 0.2) is 18.2 Å². The number of fused-ring (bicyclic) bond motifs is 1. The Morgan fingerprint density at radius 2 is 1.93 bits per heavy atom. The highest BCUT2D eigenvalue weighted by molar-refractivity contribution is 6.21. The van der Waals surface area contributed by atoms with Crippen LogP contribution >= 0.6 is 0 Å². The molecule has 1 aromatic carbocycles. The molecule has 3 rings (SSSR count). The van der Waals surface area contributed by atoms with E-state index in [9.17, 15) is 14.4 Å². The van der Waals surface area contributed by atoms with Crippen LogP contribution in [0.1, 0.15) is 65.3 Å². The summed E-state index contributed by atoms with van der Waals surface area (Å²) in [5.74, 6) is -0.528.